The third-order valence-corrected chi connectivity index (χ3v) is 3.24. The van der Waals surface area contributed by atoms with Gasteiger partial charge in [0.15, 0.2) is 0 Å². The fraction of sp³-hybridized carbons (Fsp3) is 0.214. The van der Waals surface area contributed by atoms with Crippen molar-refractivity contribution in [3.05, 3.63) is 52.4 Å². The lowest BCUT2D eigenvalue weighted by Crippen LogP contribution is -2.24. The minimum absolute atomic E-state index is 0.0477. The predicted molar refractivity (Wildman–Crippen MR) is 75.0 cm³/mol. The van der Waals surface area contributed by atoms with E-state index in [-0.39, 0.29) is 5.91 Å². The Hall–Kier alpha value is -1.75. The second-order valence-electron chi connectivity index (χ2n) is 4.00. The fourth-order valence-corrected chi connectivity index (χ4v) is 2.25. The van der Waals surface area contributed by atoms with Gasteiger partial charge in [0.05, 0.1) is 30.8 Å². The van der Waals surface area contributed by atoms with Crippen molar-refractivity contribution in [3.63, 3.8) is 0 Å². The number of rotatable bonds is 5. The van der Waals surface area contributed by atoms with E-state index in [0.29, 0.717) is 13.0 Å². The monoisotopic (exact) mass is 323 g/mol. The molecule has 0 aliphatic heterocycles. The zero-order chi connectivity index (χ0) is 13.7. The van der Waals surface area contributed by atoms with E-state index < -0.39 is 0 Å². The van der Waals surface area contributed by atoms with Crippen molar-refractivity contribution in [1.82, 2.24) is 5.32 Å². The minimum Gasteiger partial charge on any atom is -0.496 e. The van der Waals surface area contributed by atoms with Gasteiger partial charge in [0.2, 0.25) is 5.91 Å². The molecule has 0 spiro atoms. The highest BCUT2D eigenvalue weighted by atomic mass is 79.9. The average molecular weight is 324 g/mol. The minimum atomic E-state index is -0.0477. The molecule has 1 aromatic heterocycles. The highest BCUT2D eigenvalue weighted by Crippen LogP contribution is 2.25. The molecule has 2 aromatic rings. The van der Waals surface area contributed by atoms with Gasteiger partial charge in [0, 0.05) is 0 Å². The van der Waals surface area contributed by atoms with Gasteiger partial charge in [0.1, 0.15) is 11.5 Å². The Bertz CT molecular complexity index is 552. The maximum Gasteiger partial charge on any atom is 0.224 e. The van der Waals surface area contributed by atoms with Gasteiger partial charge >= 0.3 is 0 Å². The number of carbonyl (C=O) groups excluding carboxylic acids is 1. The summed E-state index contributed by atoms with van der Waals surface area (Å²) in [6.45, 7) is 0.406. The largest absolute Gasteiger partial charge is 0.496 e. The van der Waals surface area contributed by atoms with Crippen LogP contribution in [0.3, 0.4) is 0 Å². The Morgan fingerprint density at radius 2 is 2.26 bits per heavy atom. The van der Waals surface area contributed by atoms with Gasteiger partial charge < -0.3 is 14.5 Å². The standard InChI is InChI=1S/C14H14BrNO3/c1-18-13-5-4-10(7-12(13)15)8-14(17)16-9-11-3-2-6-19-11/h2-7H,8-9H2,1H3,(H,16,17). The van der Waals surface area contributed by atoms with Crippen LogP contribution >= 0.6 is 15.9 Å². The maximum atomic E-state index is 11.8. The summed E-state index contributed by atoms with van der Waals surface area (Å²) in [6.07, 6.45) is 1.91. The number of furan rings is 1. The van der Waals surface area contributed by atoms with Crippen LogP contribution in [0.25, 0.3) is 0 Å². The molecule has 1 amide bonds. The summed E-state index contributed by atoms with van der Waals surface area (Å²) in [7, 11) is 1.61. The zero-order valence-electron chi connectivity index (χ0n) is 10.5. The molecule has 0 radical (unpaired) electrons. The number of ether oxygens (including phenoxy) is 1. The first-order valence-electron chi connectivity index (χ1n) is 5.80. The Balaban J connectivity index is 1.90. The number of benzene rings is 1. The SMILES string of the molecule is COc1ccc(CC(=O)NCc2ccco2)cc1Br. The molecule has 0 bridgehead atoms. The van der Waals surface area contributed by atoms with Crippen LogP contribution in [-0.4, -0.2) is 13.0 Å². The number of carbonyl (C=O) groups is 1. The van der Waals surface area contributed by atoms with Crippen molar-refractivity contribution in [2.45, 2.75) is 13.0 Å². The summed E-state index contributed by atoms with van der Waals surface area (Å²) in [5.74, 6) is 1.44. The van der Waals surface area contributed by atoms with E-state index in [1.54, 1.807) is 19.4 Å². The normalized spacial score (nSPS) is 10.2. The number of hydrogen-bond donors (Lipinski definition) is 1. The Morgan fingerprint density at radius 3 is 2.89 bits per heavy atom. The average Bonchev–Trinajstić information content (AvgIpc) is 2.90. The highest BCUT2D eigenvalue weighted by molar-refractivity contribution is 9.10. The Morgan fingerprint density at radius 1 is 1.42 bits per heavy atom. The van der Waals surface area contributed by atoms with Crippen LogP contribution in [0.5, 0.6) is 5.75 Å². The molecule has 2 rings (SSSR count). The van der Waals surface area contributed by atoms with Gasteiger partial charge in [-0.05, 0) is 45.8 Å². The molecule has 0 saturated heterocycles. The highest BCUT2D eigenvalue weighted by Gasteiger charge is 2.07. The van der Waals surface area contributed by atoms with Crippen LogP contribution in [0.15, 0.2) is 45.5 Å². The van der Waals surface area contributed by atoms with Crippen molar-refractivity contribution in [3.8, 4) is 5.75 Å². The zero-order valence-corrected chi connectivity index (χ0v) is 12.1. The molecule has 1 N–H and O–H groups in total. The third-order valence-electron chi connectivity index (χ3n) is 2.62. The van der Waals surface area contributed by atoms with Gasteiger partial charge in [0.25, 0.3) is 0 Å². The summed E-state index contributed by atoms with van der Waals surface area (Å²) in [4.78, 5) is 11.8. The third kappa shape index (κ3) is 3.86. The van der Waals surface area contributed by atoms with Crippen LogP contribution in [-0.2, 0) is 17.8 Å². The van der Waals surface area contributed by atoms with E-state index in [1.165, 1.54) is 0 Å². The van der Waals surface area contributed by atoms with E-state index in [2.05, 4.69) is 21.2 Å². The van der Waals surface area contributed by atoms with Gasteiger partial charge in [-0.2, -0.15) is 0 Å². The van der Waals surface area contributed by atoms with Gasteiger partial charge in [-0.25, -0.2) is 0 Å². The van der Waals surface area contributed by atoms with Crippen molar-refractivity contribution in [2.75, 3.05) is 7.11 Å². The molecule has 0 atom stereocenters. The van der Waals surface area contributed by atoms with E-state index in [1.807, 2.05) is 24.3 Å². The van der Waals surface area contributed by atoms with Gasteiger partial charge in [-0.15, -0.1) is 0 Å². The van der Waals surface area contributed by atoms with Crippen LogP contribution in [0.4, 0.5) is 0 Å². The molecule has 0 aliphatic carbocycles. The summed E-state index contributed by atoms with van der Waals surface area (Å²) in [5.41, 5.74) is 0.921. The van der Waals surface area contributed by atoms with E-state index in [9.17, 15) is 4.79 Å². The lowest BCUT2D eigenvalue weighted by molar-refractivity contribution is -0.120. The Kier molecular flexibility index (Phi) is 4.63. The van der Waals surface area contributed by atoms with Crippen LogP contribution in [0, 0.1) is 0 Å². The molecule has 4 nitrogen and oxygen atoms in total. The first-order chi connectivity index (χ1) is 9.19. The fourth-order valence-electron chi connectivity index (χ4n) is 1.67. The smallest absolute Gasteiger partial charge is 0.224 e. The van der Waals surface area contributed by atoms with Gasteiger partial charge in [-0.3, -0.25) is 4.79 Å². The second kappa shape index (κ2) is 6.43. The molecule has 1 heterocycles. The summed E-state index contributed by atoms with van der Waals surface area (Å²) < 4.78 is 11.1. The molecule has 100 valence electrons. The Labute approximate surface area is 119 Å². The number of hydrogen-bond acceptors (Lipinski definition) is 3. The first kappa shape index (κ1) is 13.7. The quantitative estimate of drug-likeness (QED) is 0.920. The summed E-state index contributed by atoms with van der Waals surface area (Å²) >= 11 is 3.40. The molecule has 0 fully saturated rings. The van der Waals surface area contributed by atoms with E-state index in [0.717, 1.165) is 21.5 Å². The number of halogens is 1. The summed E-state index contributed by atoms with van der Waals surface area (Å²) in [5, 5.41) is 2.80. The molecule has 19 heavy (non-hydrogen) atoms. The molecule has 0 saturated carbocycles. The molecule has 1 aromatic carbocycles. The van der Waals surface area contributed by atoms with Crippen molar-refractivity contribution in [1.29, 1.82) is 0 Å². The van der Waals surface area contributed by atoms with E-state index >= 15 is 0 Å². The second-order valence-corrected chi connectivity index (χ2v) is 4.86. The maximum absolute atomic E-state index is 11.8. The number of methoxy groups -OCH3 is 1. The van der Waals surface area contributed by atoms with Crippen LogP contribution in [0.2, 0.25) is 0 Å². The first-order valence-corrected chi connectivity index (χ1v) is 6.60. The molecular weight excluding hydrogens is 310 g/mol. The number of nitrogens with one attached hydrogen (secondary N) is 1. The lowest BCUT2D eigenvalue weighted by Gasteiger charge is -2.07. The summed E-state index contributed by atoms with van der Waals surface area (Å²) in [6, 6.07) is 9.20. The van der Waals surface area contributed by atoms with Crippen molar-refractivity contribution >= 4 is 21.8 Å². The number of amides is 1. The van der Waals surface area contributed by atoms with Crippen LogP contribution < -0.4 is 10.1 Å². The topological polar surface area (TPSA) is 51.5 Å². The molecule has 5 heteroatoms. The van der Waals surface area contributed by atoms with E-state index in [4.69, 9.17) is 9.15 Å². The van der Waals surface area contributed by atoms with Crippen molar-refractivity contribution < 1.29 is 13.9 Å². The van der Waals surface area contributed by atoms with Crippen molar-refractivity contribution in [2.24, 2.45) is 0 Å². The molecule has 0 aliphatic rings. The predicted octanol–water partition coefficient (Wildman–Crippen LogP) is 2.91. The van der Waals surface area contributed by atoms with Gasteiger partial charge in [-0.1, -0.05) is 6.07 Å². The molecular formula is C14H14BrNO3. The van der Waals surface area contributed by atoms with Crippen LogP contribution in [0.1, 0.15) is 11.3 Å². The lowest BCUT2D eigenvalue weighted by atomic mass is 10.1. The molecule has 0 unspecified atom stereocenters.